The van der Waals surface area contributed by atoms with Crippen molar-refractivity contribution >= 4 is 36.1 Å². The minimum atomic E-state index is 0.545. The Morgan fingerprint density at radius 2 is 2.00 bits per heavy atom. The first-order valence-electron chi connectivity index (χ1n) is 4.74. The summed E-state index contributed by atoms with van der Waals surface area (Å²) in [7, 11) is 0. The number of nitrogens with zero attached hydrogens (tertiary/aromatic N) is 1. The Kier molecular flexibility index (Phi) is 2.24. The van der Waals surface area contributed by atoms with Crippen molar-refractivity contribution in [2.45, 2.75) is 6.92 Å². The molecule has 0 bridgehead atoms. The maximum atomic E-state index is 4.71. The molecule has 0 spiro atoms. The van der Waals surface area contributed by atoms with Gasteiger partial charge in [0.2, 0.25) is 0 Å². The van der Waals surface area contributed by atoms with Crippen molar-refractivity contribution in [2.24, 2.45) is 0 Å². The van der Waals surface area contributed by atoms with Gasteiger partial charge in [-0.1, -0.05) is 0 Å². The molecule has 0 atom stereocenters. The predicted molar refractivity (Wildman–Crippen MR) is 66.7 cm³/mol. The number of benzene rings is 1. The van der Waals surface area contributed by atoms with Gasteiger partial charge in [0.05, 0.1) is 0 Å². The first kappa shape index (κ1) is 9.34. The minimum absolute atomic E-state index is 0.545. The average molecular weight is 278 g/mol. The first-order chi connectivity index (χ1) is 7.34. The van der Waals surface area contributed by atoms with Crippen LogP contribution in [0.3, 0.4) is 0 Å². The molecule has 2 aromatic heterocycles. The van der Waals surface area contributed by atoms with Gasteiger partial charge in [-0.15, -0.1) is 0 Å². The first-order valence-corrected chi connectivity index (χ1v) is 7.41. The van der Waals surface area contributed by atoms with Crippen LogP contribution in [0.1, 0.15) is 4.44 Å². The zero-order valence-corrected chi connectivity index (χ0v) is 10.8. The fourth-order valence-corrected chi connectivity index (χ4v) is 4.60. The second kappa shape index (κ2) is 3.60. The molecule has 1 aromatic carbocycles. The summed E-state index contributed by atoms with van der Waals surface area (Å²) >= 11 is 2.35. The molecule has 74 valence electrons. The zero-order valence-electron chi connectivity index (χ0n) is 8.23. The average Bonchev–Trinajstić information content (AvgIpc) is 2.83. The molecule has 0 aliphatic heterocycles. The Bertz CT molecular complexity index is 594. The van der Waals surface area contributed by atoms with Crippen LogP contribution in [0.4, 0.5) is 0 Å². The van der Waals surface area contributed by atoms with Crippen LogP contribution >= 0.6 is 11.3 Å². The van der Waals surface area contributed by atoms with Gasteiger partial charge in [-0.2, -0.15) is 0 Å². The Balaban J connectivity index is 2.20. The van der Waals surface area contributed by atoms with Crippen molar-refractivity contribution < 1.29 is 0 Å². The van der Waals surface area contributed by atoms with Crippen molar-refractivity contribution in [2.75, 3.05) is 0 Å². The van der Waals surface area contributed by atoms with Crippen LogP contribution in [0, 0.1) is 6.92 Å². The van der Waals surface area contributed by atoms with E-state index in [-0.39, 0.29) is 0 Å². The molecule has 0 unspecified atom stereocenters. The van der Waals surface area contributed by atoms with E-state index in [0.717, 1.165) is 5.01 Å². The summed E-state index contributed by atoms with van der Waals surface area (Å²) in [4.78, 5) is 7.04. The summed E-state index contributed by atoms with van der Waals surface area (Å²) in [5.41, 5.74) is 2.46. The molecule has 1 nitrogen and oxygen atoms in total. The molecule has 0 aliphatic rings. The number of aryl methyl sites for hydroxylation is 1. The van der Waals surface area contributed by atoms with Gasteiger partial charge in [-0.05, 0) is 0 Å². The zero-order chi connectivity index (χ0) is 10.3. The molecular weight excluding hydrogens is 269 g/mol. The standard InChI is InChI=1S/C12H9NSSe/c1-8-11-10(7-15-8)14-12(13-11)9-5-3-2-4-6-9/h2-7H,1H3. The van der Waals surface area contributed by atoms with Crippen molar-refractivity contribution in [3.05, 3.63) is 39.7 Å². The summed E-state index contributed by atoms with van der Waals surface area (Å²) in [6, 6.07) is 10.4. The van der Waals surface area contributed by atoms with E-state index in [0.29, 0.717) is 14.5 Å². The van der Waals surface area contributed by atoms with Crippen molar-refractivity contribution in [1.82, 2.24) is 4.98 Å². The Morgan fingerprint density at radius 3 is 2.73 bits per heavy atom. The second-order valence-corrected chi connectivity index (χ2v) is 6.69. The quantitative estimate of drug-likeness (QED) is 0.622. The molecule has 3 rings (SSSR count). The maximum absolute atomic E-state index is 4.71. The molecule has 0 N–H and O–H groups in total. The molecule has 3 heteroatoms. The molecule has 0 saturated carbocycles. The third-order valence-electron chi connectivity index (χ3n) is 2.35. The normalized spacial score (nSPS) is 11.0. The van der Waals surface area contributed by atoms with E-state index in [2.05, 4.69) is 36.1 Å². The summed E-state index contributed by atoms with van der Waals surface area (Å²) < 4.78 is 2.82. The molecule has 3 aromatic rings. The number of aromatic nitrogens is 1. The van der Waals surface area contributed by atoms with Gasteiger partial charge in [0, 0.05) is 0 Å². The van der Waals surface area contributed by atoms with Gasteiger partial charge in [-0.3, -0.25) is 0 Å². The summed E-state index contributed by atoms with van der Waals surface area (Å²) in [5.74, 6) is 0. The molecule has 2 heterocycles. The molecule has 0 fully saturated rings. The van der Waals surface area contributed by atoms with Gasteiger partial charge < -0.3 is 0 Å². The van der Waals surface area contributed by atoms with Crippen LogP contribution in [0.25, 0.3) is 20.8 Å². The molecular formula is C12H9NSSe. The van der Waals surface area contributed by atoms with Crippen LogP contribution in [0.15, 0.2) is 35.3 Å². The van der Waals surface area contributed by atoms with Gasteiger partial charge in [-0.25, -0.2) is 0 Å². The summed E-state index contributed by atoms with van der Waals surface area (Å²) in [5, 5.41) is 1.15. The van der Waals surface area contributed by atoms with E-state index in [1.165, 1.54) is 20.2 Å². The van der Waals surface area contributed by atoms with E-state index in [1.54, 1.807) is 11.3 Å². The molecule has 0 saturated heterocycles. The van der Waals surface area contributed by atoms with Gasteiger partial charge >= 0.3 is 98.2 Å². The van der Waals surface area contributed by atoms with Crippen LogP contribution in [0.5, 0.6) is 0 Å². The Morgan fingerprint density at radius 1 is 1.20 bits per heavy atom. The van der Waals surface area contributed by atoms with Crippen molar-refractivity contribution in [3.63, 3.8) is 0 Å². The van der Waals surface area contributed by atoms with Crippen LogP contribution < -0.4 is 0 Å². The third-order valence-corrected chi connectivity index (χ3v) is 5.63. The van der Waals surface area contributed by atoms with Crippen LogP contribution in [0.2, 0.25) is 0 Å². The van der Waals surface area contributed by atoms with Gasteiger partial charge in [0.25, 0.3) is 0 Å². The van der Waals surface area contributed by atoms with Crippen molar-refractivity contribution in [1.29, 1.82) is 0 Å². The van der Waals surface area contributed by atoms with E-state index >= 15 is 0 Å². The van der Waals surface area contributed by atoms with E-state index in [4.69, 9.17) is 4.98 Å². The second-order valence-electron chi connectivity index (χ2n) is 3.39. The fraction of sp³-hybridized carbons (Fsp3) is 0.0833. The Labute approximate surface area is 98.2 Å². The Hall–Kier alpha value is -0.891. The van der Waals surface area contributed by atoms with E-state index in [1.807, 2.05) is 6.07 Å². The van der Waals surface area contributed by atoms with Crippen LogP contribution in [-0.4, -0.2) is 19.5 Å². The summed E-state index contributed by atoms with van der Waals surface area (Å²) in [6.45, 7) is 2.19. The summed E-state index contributed by atoms with van der Waals surface area (Å²) in [6.07, 6.45) is 0. The molecule has 15 heavy (non-hydrogen) atoms. The number of thiazole rings is 1. The van der Waals surface area contributed by atoms with Crippen molar-refractivity contribution in [3.8, 4) is 10.6 Å². The molecule has 0 radical (unpaired) electrons. The topological polar surface area (TPSA) is 12.9 Å². The SMILES string of the molecule is Cc1[se]cc2sc(-c3ccccc3)nc12. The molecule has 0 aliphatic carbocycles. The van der Waals surface area contributed by atoms with Gasteiger partial charge in [0.1, 0.15) is 0 Å². The fourth-order valence-electron chi connectivity index (χ4n) is 1.57. The van der Waals surface area contributed by atoms with Crippen LogP contribution in [-0.2, 0) is 0 Å². The van der Waals surface area contributed by atoms with Gasteiger partial charge in [0.15, 0.2) is 0 Å². The predicted octanol–water partition coefficient (Wildman–Crippen LogP) is 3.33. The van der Waals surface area contributed by atoms with E-state index in [9.17, 15) is 0 Å². The van der Waals surface area contributed by atoms with E-state index < -0.39 is 0 Å². The monoisotopic (exact) mass is 279 g/mol. The number of fused-ring (bicyclic) bond motifs is 1. The number of rotatable bonds is 1. The number of hydrogen-bond donors (Lipinski definition) is 0. The third kappa shape index (κ3) is 1.57. The molecule has 0 amide bonds. The number of hydrogen-bond acceptors (Lipinski definition) is 2.